The Labute approximate surface area is 135 Å². The van der Waals surface area contributed by atoms with Crippen LogP contribution in [0.1, 0.15) is 21.1 Å². The van der Waals surface area contributed by atoms with Gasteiger partial charge in [0.05, 0.1) is 11.2 Å². The molecule has 9 heteroatoms. The van der Waals surface area contributed by atoms with Crippen molar-refractivity contribution in [2.24, 2.45) is 0 Å². The van der Waals surface area contributed by atoms with Gasteiger partial charge in [0.15, 0.2) is 9.97 Å². The molecule has 0 saturated carbocycles. The fourth-order valence-corrected chi connectivity index (χ4v) is 4.15. The van der Waals surface area contributed by atoms with E-state index in [1.807, 2.05) is 4.72 Å². The van der Waals surface area contributed by atoms with Crippen LogP contribution in [0.5, 0.6) is 0 Å². The lowest BCUT2D eigenvalue weighted by Crippen LogP contribution is -2.30. The number of nitrogens with zero attached hydrogens (tertiary/aromatic N) is 1. The van der Waals surface area contributed by atoms with Crippen LogP contribution in [0.15, 0.2) is 33.0 Å². The lowest BCUT2D eigenvalue weighted by molar-refractivity contribution is 0.0956. The van der Waals surface area contributed by atoms with Crippen LogP contribution in [0.25, 0.3) is 11.0 Å². The lowest BCUT2D eigenvalue weighted by atomic mass is 10.1. The first kappa shape index (κ1) is 15.6. The van der Waals surface area contributed by atoms with Crippen molar-refractivity contribution in [3.05, 3.63) is 46.5 Å². The molecule has 0 aliphatic rings. The van der Waals surface area contributed by atoms with E-state index in [9.17, 15) is 17.6 Å². The standard InChI is InChI=1S/C14H11FN2O4S2/c1-7-10-5-9(15)3-4-11(10)21-13(7)14(18)17-23(19,20)12-6-16-8(2)22-12/h3-6H,1-2H3,(H,17,18). The van der Waals surface area contributed by atoms with E-state index in [0.717, 1.165) is 11.3 Å². The van der Waals surface area contributed by atoms with Crippen LogP contribution < -0.4 is 4.72 Å². The summed E-state index contributed by atoms with van der Waals surface area (Å²) in [4.78, 5) is 16.1. The third-order valence-corrected chi connectivity index (χ3v) is 5.90. The second-order valence-corrected chi connectivity index (χ2v) is 7.97. The Morgan fingerprint density at radius 1 is 1.35 bits per heavy atom. The minimum atomic E-state index is -4.03. The molecule has 0 spiro atoms. The molecule has 6 nitrogen and oxygen atoms in total. The quantitative estimate of drug-likeness (QED) is 0.781. The van der Waals surface area contributed by atoms with Crippen molar-refractivity contribution >= 4 is 38.2 Å². The monoisotopic (exact) mass is 354 g/mol. The Morgan fingerprint density at radius 3 is 2.74 bits per heavy atom. The van der Waals surface area contributed by atoms with Gasteiger partial charge < -0.3 is 4.42 Å². The number of aryl methyl sites for hydroxylation is 2. The number of hydrogen-bond acceptors (Lipinski definition) is 6. The van der Waals surface area contributed by atoms with Crippen LogP contribution in [0.2, 0.25) is 0 Å². The number of carbonyl (C=O) groups excluding carboxylic acids is 1. The van der Waals surface area contributed by atoms with E-state index in [4.69, 9.17) is 4.42 Å². The summed E-state index contributed by atoms with van der Waals surface area (Å²) < 4.78 is 44.8. The lowest BCUT2D eigenvalue weighted by Gasteiger charge is -2.03. The number of halogens is 1. The normalized spacial score (nSPS) is 11.8. The zero-order chi connectivity index (χ0) is 16.8. The molecule has 0 saturated heterocycles. The minimum Gasteiger partial charge on any atom is -0.451 e. The van der Waals surface area contributed by atoms with Crippen molar-refractivity contribution in [1.29, 1.82) is 0 Å². The van der Waals surface area contributed by atoms with Crippen molar-refractivity contribution < 1.29 is 22.0 Å². The number of aromatic nitrogens is 1. The number of nitrogens with one attached hydrogen (secondary N) is 1. The Hall–Kier alpha value is -2.26. The molecule has 0 bridgehead atoms. The van der Waals surface area contributed by atoms with E-state index in [1.54, 1.807) is 13.8 Å². The van der Waals surface area contributed by atoms with Gasteiger partial charge in [-0.15, -0.1) is 11.3 Å². The van der Waals surface area contributed by atoms with Crippen LogP contribution in [0, 0.1) is 19.7 Å². The Bertz CT molecular complexity index is 1020. The van der Waals surface area contributed by atoms with E-state index in [-0.39, 0.29) is 9.97 Å². The second kappa shape index (κ2) is 5.43. The van der Waals surface area contributed by atoms with Gasteiger partial charge >= 0.3 is 5.91 Å². The van der Waals surface area contributed by atoms with Crippen LogP contribution in [-0.4, -0.2) is 19.3 Å². The highest BCUT2D eigenvalue weighted by atomic mass is 32.2. The van der Waals surface area contributed by atoms with Gasteiger partial charge in [-0.1, -0.05) is 0 Å². The van der Waals surface area contributed by atoms with Crippen LogP contribution >= 0.6 is 11.3 Å². The summed E-state index contributed by atoms with van der Waals surface area (Å²) in [6, 6.07) is 3.81. The number of carbonyl (C=O) groups is 1. The van der Waals surface area contributed by atoms with Crippen molar-refractivity contribution in [2.45, 2.75) is 18.1 Å². The van der Waals surface area contributed by atoms with Gasteiger partial charge in [0.1, 0.15) is 11.4 Å². The molecule has 1 aromatic carbocycles. The van der Waals surface area contributed by atoms with Gasteiger partial charge in [0.25, 0.3) is 10.0 Å². The number of fused-ring (bicyclic) bond motifs is 1. The first-order valence-corrected chi connectivity index (χ1v) is 8.76. The molecule has 2 heterocycles. The summed E-state index contributed by atoms with van der Waals surface area (Å²) in [5.74, 6) is -1.55. The van der Waals surface area contributed by atoms with Crippen molar-refractivity contribution in [2.75, 3.05) is 0 Å². The SMILES string of the molecule is Cc1ncc(S(=O)(=O)NC(=O)c2oc3ccc(F)cc3c2C)s1. The average Bonchev–Trinajstić information content (AvgIpc) is 3.04. The Morgan fingerprint density at radius 2 is 2.09 bits per heavy atom. The topological polar surface area (TPSA) is 89.3 Å². The van der Waals surface area contributed by atoms with Crippen LogP contribution in [0.3, 0.4) is 0 Å². The van der Waals surface area contributed by atoms with Gasteiger partial charge in [-0.05, 0) is 32.0 Å². The maximum atomic E-state index is 13.3. The predicted molar refractivity (Wildman–Crippen MR) is 82.4 cm³/mol. The summed E-state index contributed by atoms with van der Waals surface area (Å²) in [5.41, 5.74) is 0.674. The molecule has 23 heavy (non-hydrogen) atoms. The Kier molecular flexibility index (Phi) is 3.69. The highest BCUT2D eigenvalue weighted by molar-refractivity contribution is 7.92. The summed E-state index contributed by atoms with van der Waals surface area (Å²) in [6.07, 6.45) is 1.18. The number of benzene rings is 1. The fraction of sp³-hybridized carbons (Fsp3) is 0.143. The van der Waals surface area contributed by atoms with E-state index in [0.29, 0.717) is 21.5 Å². The molecule has 120 valence electrons. The number of furan rings is 1. The van der Waals surface area contributed by atoms with Gasteiger partial charge in [-0.3, -0.25) is 4.79 Å². The molecule has 3 rings (SSSR count). The van der Waals surface area contributed by atoms with Crippen molar-refractivity contribution in [3.8, 4) is 0 Å². The largest absolute Gasteiger partial charge is 0.451 e. The average molecular weight is 354 g/mol. The maximum Gasteiger partial charge on any atom is 0.301 e. The van der Waals surface area contributed by atoms with Crippen molar-refractivity contribution in [1.82, 2.24) is 9.71 Å². The zero-order valence-corrected chi connectivity index (χ0v) is 13.7. The number of sulfonamides is 1. The molecule has 0 aliphatic heterocycles. The smallest absolute Gasteiger partial charge is 0.301 e. The molecule has 0 radical (unpaired) electrons. The van der Waals surface area contributed by atoms with Gasteiger partial charge in [0.2, 0.25) is 0 Å². The summed E-state index contributed by atoms with van der Waals surface area (Å²) >= 11 is 0.949. The maximum absolute atomic E-state index is 13.3. The van der Waals surface area contributed by atoms with Crippen LogP contribution in [-0.2, 0) is 10.0 Å². The number of rotatable bonds is 3. The van der Waals surface area contributed by atoms with E-state index >= 15 is 0 Å². The van der Waals surface area contributed by atoms with E-state index in [1.165, 1.54) is 24.4 Å². The molecule has 0 aliphatic carbocycles. The Balaban J connectivity index is 1.96. The van der Waals surface area contributed by atoms with Gasteiger partial charge in [-0.2, -0.15) is 0 Å². The first-order valence-electron chi connectivity index (χ1n) is 6.46. The number of amides is 1. The molecule has 1 N–H and O–H groups in total. The number of hydrogen-bond donors (Lipinski definition) is 1. The molecule has 2 aromatic heterocycles. The molecule has 3 aromatic rings. The molecular weight excluding hydrogens is 343 g/mol. The van der Waals surface area contributed by atoms with Gasteiger partial charge in [0, 0.05) is 10.9 Å². The molecule has 1 amide bonds. The third-order valence-electron chi connectivity index (χ3n) is 3.20. The van der Waals surface area contributed by atoms with Gasteiger partial charge in [-0.25, -0.2) is 22.5 Å². The summed E-state index contributed by atoms with van der Waals surface area (Å²) in [6.45, 7) is 3.22. The predicted octanol–water partition coefficient (Wildman–Crippen LogP) is 2.76. The van der Waals surface area contributed by atoms with E-state index in [2.05, 4.69) is 4.98 Å². The highest BCUT2D eigenvalue weighted by Crippen LogP contribution is 2.26. The molecule has 0 unspecified atom stereocenters. The summed E-state index contributed by atoms with van der Waals surface area (Å²) in [7, 11) is -4.03. The summed E-state index contributed by atoms with van der Waals surface area (Å²) in [5, 5.41) is 0.981. The fourth-order valence-electron chi connectivity index (χ4n) is 2.09. The molecule has 0 atom stereocenters. The minimum absolute atomic E-state index is 0.0665. The highest BCUT2D eigenvalue weighted by Gasteiger charge is 2.25. The first-order chi connectivity index (χ1) is 10.8. The van der Waals surface area contributed by atoms with Crippen LogP contribution in [0.4, 0.5) is 4.39 Å². The molecule has 0 fully saturated rings. The van der Waals surface area contributed by atoms with E-state index < -0.39 is 21.7 Å². The molecular formula is C14H11FN2O4S2. The number of thiazole rings is 1. The second-order valence-electron chi connectivity index (χ2n) is 4.83. The van der Waals surface area contributed by atoms with Crippen molar-refractivity contribution in [3.63, 3.8) is 0 Å². The zero-order valence-electron chi connectivity index (χ0n) is 12.1. The third kappa shape index (κ3) is 2.84.